The zero-order valence-electron chi connectivity index (χ0n) is 14.5. The number of hydrogen-bond donors (Lipinski definition) is 1. The van der Waals surface area contributed by atoms with E-state index in [2.05, 4.69) is 0 Å². The minimum Gasteiger partial charge on any atom is -0.465 e. The third kappa shape index (κ3) is 4.72. The second kappa shape index (κ2) is 8.84. The average molecular weight is 369 g/mol. The maximum Gasteiger partial charge on any atom is 0.348 e. The average Bonchev–Trinajstić information content (AvgIpc) is 3.24. The fourth-order valence-electron chi connectivity index (χ4n) is 3.05. The molecule has 0 saturated heterocycles. The summed E-state index contributed by atoms with van der Waals surface area (Å²) in [5.41, 5.74) is 6.11. The van der Waals surface area contributed by atoms with Gasteiger partial charge < -0.3 is 19.9 Å². The molecule has 0 atom stereocenters. The van der Waals surface area contributed by atoms with Gasteiger partial charge in [0, 0.05) is 12.0 Å². The van der Waals surface area contributed by atoms with Crippen molar-refractivity contribution in [3.8, 4) is 0 Å². The van der Waals surface area contributed by atoms with Crippen LogP contribution in [0.5, 0.6) is 0 Å². The number of nitrogens with two attached hydrogens (primary N) is 1. The van der Waals surface area contributed by atoms with Gasteiger partial charge in [-0.2, -0.15) is 0 Å². The highest BCUT2D eigenvalue weighted by Gasteiger charge is 2.28. The van der Waals surface area contributed by atoms with Gasteiger partial charge in [-0.15, -0.1) is 11.3 Å². The Hall–Kier alpha value is -2.09. The zero-order valence-corrected chi connectivity index (χ0v) is 15.3. The highest BCUT2D eigenvalue weighted by Crippen LogP contribution is 2.33. The van der Waals surface area contributed by atoms with Crippen LogP contribution in [0.2, 0.25) is 0 Å². The van der Waals surface area contributed by atoms with Crippen molar-refractivity contribution in [2.75, 3.05) is 20.0 Å². The van der Waals surface area contributed by atoms with Crippen molar-refractivity contribution in [3.05, 3.63) is 16.0 Å². The molecule has 0 aromatic carbocycles. The molecule has 1 aromatic rings. The number of hydrogen-bond acceptors (Lipinski definition) is 8. The second-order valence-electron chi connectivity index (χ2n) is 5.98. The summed E-state index contributed by atoms with van der Waals surface area (Å²) in [6.07, 6.45) is 5.89. The van der Waals surface area contributed by atoms with Crippen molar-refractivity contribution in [2.45, 2.75) is 45.1 Å². The summed E-state index contributed by atoms with van der Waals surface area (Å²) < 4.78 is 14.7. The Labute approximate surface area is 150 Å². The molecule has 0 aliphatic heterocycles. The Balaban J connectivity index is 2.06. The van der Waals surface area contributed by atoms with Crippen LogP contribution in [0.4, 0.5) is 5.00 Å². The Morgan fingerprint density at radius 2 is 1.76 bits per heavy atom. The van der Waals surface area contributed by atoms with Crippen molar-refractivity contribution in [2.24, 2.45) is 5.92 Å². The predicted molar refractivity (Wildman–Crippen MR) is 92.4 cm³/mol. The van der Waals surface area contributed by atoms with Gasteiger partial charge in [0.25, 0.3) is 0 Å². The first-order valence-corrected chi connectivity index (χ1v) is 9.03. The van der Waals surface area contributed by atoms with Crippen LogP contribution in [-0.2, 0) is 25.6 Å². The van der Waals surface area contributed by atoms with Crippen LogP contribution in [-0.4, -0.2) is 32.1 Å². The molecule has 0 unspecified atom stereocenters. The molecule has 0 amide bonds. The summed E-state index contributed by atoms with van der Waals surface area (Å²) in [4.78, 5) is 36.0. The number of methoxy groups -OCH3 is 2. The molecule has 0 spiro atoms. The van der Waals surface area contributed by atoms with E-state index in [4.69, 9.17) is 19.9 Å². The molecule has 0 radical (unpaired) electrons. The third-order valence-electron chi connectivity index (χ3n) is 4.40. The molecule has 1 fully saturated rings. The third-order valence-corrected chi connectivity index (χ3v) is 5.44. The number of carbonyl (C=O) groups is 3. The number of rotatable bonds is 7. The van der Waals surface area contributed by atoms with E-state index >= 15 is 0 Å². The Bertz CT molecular complexity index is 648. The van der Waals surface area contributed by atoms with Gasteiger partial charge in [0.15, 0.2) is 0 Å². The Morgan fingerprint density at radius 1 is 1.12 bits per heavy atom. The number of esters is 3. The van der Waals surface area contributed by atoms with Crippen molar-refractivity contribution in [3.63, 3.8) is 0 Å². The predicted octanol–water partition coefficient (Wildman–Crippen LogP) is 2.92. The normalized spacial score (nSPS) is 14.3. The molecule has 0 bridgehead atoms. The first-order chi connectivity index (χ1) is 12.0. The minimum absolute atomic E-state index is 0.0523. The fourth-order valence-corrected chi connectivity index (χ4v) is 4.03. The fraction of sp³-hybridized carbons (Fsp3) is 0.588. The van der Waals surface area contributed by atoms with E-state index < -0.39 is 11.9 Å². The van der Waals surface area contributed by atoms with Crippen molar-refractivity contribution < 1.29 is 28.6 Å². The summed E-state index contributed by atoms with van der Waals surface area (Å²) >= 11 is 0.914. The molecular formula is C17H23NO6S. The van der Waals surface area contributed by atoms with E-state index in [1.54, 1.807) is 0 Å². The van der Waals surface area contributed by atoms with Crippen LogP contribution in [0, 0.1) is 5.92 Å². The van der Waals surface area contributed by atoms with Gasteiger partial charge in [0.05, 0.1) is 14.2 Å². The first kappa shape index (κ1) is 19.2. The lowest BCUT2D eigenvalue weighted by atomic mass is 10.0. The highest BCUT2D eigenvalue weighted by atomic mass is 32.1. The van der Waals surface area contributed by atoms with Crippen LogP contribution >= 0.6 is 11.3 Å². The number of ether oxygens (including phenoxy) is 3. The van der Waals surface area contributed by atoms with Gasteiger partial charge in [-0.25, -0.2) is 9.59 Å². The molecule has 1 heterocycles. The van der Waals surface area contributed by atoms with E-state index in [1.165, 1.54) is 27.1 Å². The molecule has 1 aliphatic carbocycles. The summed E-state index contributed by atoms with van der Waals surface area (Å²) in [6, 6.07) is 0. The van der Waals surface area contributed by atoms with E-state index in [0.717, 1.165) is 30.6 Å². The molecule has 25 heavy (non-hydrogen) atoms. The lowest BCUT2D eigenvalue weighted by molar-refractivity contribution is -0.145. The Morgan fingerprint density at radius 3 is 2.36 bits per heavy atom. The van der Waals surface area contributed by atoms with Gasteiger partial charge in [-0.05, 0) is 12.3 Å². The van der Waals surface area contributed by atoms with Gasteiger partial charge in [-0.3, -0.25) is 4.79 Å². The highest BCUT2D eigenvalue weighted by molar-refractivity contribution is 7.18. The van der Waals surface area contributed by atoms with E-state index in [9.17, 15) is 14.4 Å². The van der Waals surface area contributed by atoms with Crippen molar-refractivity contribution in [1.29, 1.82) is 0 Å². The van der Waals surface area contributed by atoms with Crippen LogP contribution in [0.15, 0.2) is 0 Å². The maximum atomic E-state index is 12.0. The van der Waals surface area contributed by atoms with Gasteiger partial charge >= 0.3 is 17.9 Å². The van der Waals surface area contributed by atoms with Crippen molar-refractivity contribution >= 4 is 34.2 Å². The van der Waals surface area contributed by atoms with E-state index in [1.807, 2.05) is 0 Å². The molecule has 2 N–H and O–H groups in total. The summed E-state index contributed by atoms with van der Waals surface area (Å²) in [5.74, 6) is -1.09. The van der Waals surface area contributed by atoms with E-state index in [0.29, 0.717) is 12.3 Å². The molecule has 1 saturated carbocycles. The maximum absolute atomic E-state index is 12.0. The summed E-state index contributed by atoms with van der Waals surface area (Å²) in [5, 5.41) is 0.129. The molecule has 1 aromatic heterocycles. The van der Waals surface area contributed by atoms with Crippen LogP contribution in [0.3, 0.4) is 0 Å². The van der Waals surface area contributed by atoms with E-state index in [-0.39, 0.29) is 33.6 Å². The number of thiophene rings is 1. The monoisotopic (exact) mass is 369 g/mol. The molecule has 7 nitrogen and oxygen atoms in total. The largest absolute Gasteiger partial charge is 0.465 e. The molecule has 8 heteroatoms. The molecule has 1 aliphatic rings. The minimum atomic E-state index is -0.680. The smallest absolute Gasteiger partial charge is 0.348 e. The lowest BCUT2D eigenvalue weighted by Gasteiger charge is -2.10. The SMILES string of the molecule is COC(=O)c1sc(N)c(C(=O)OC)c1COC(=O)CCC1CCCC1. The number of anilines is 1. The molecular weight excluding hydrogens is 346 g/mol. The zero-order chi connectivity index (χ0) is 18.4. The summed E-state index contributed by atoms with van der Waals surface area (Å²) in [7, 11) is 2.45. The van der Waals surface area contributed by atoms with Gasteiger partial charge in [0.1, 0.15) is 22.0 Å². The van der Waals surface area contributed by atoms with Crippen LogP contribution in [0.1, 0.15) is 64.1 Å². The van der Waals surface area contributed by atoms with Crippen LogP contribution in [0.25, 0.3) is 0 Å². The molecule has 2 rings (SSSR count). The molecule has 138 valence electrons. The quantitative estimate of drug-likeness (QED) is 0.582. The number of nitrogen functional groups attached to an aromatic ring is 1. The standard InChI is InChI=1S/C17H23NO6S/c1-22-16(20)13-11(14(17(21)23-2)25-15(13)18)9-24-12(19)8-7-10-5-3-4-6-10/h10H,3-9,18H2,1-2H3. The van der Waals surface area contributed by atoms with Crippen LogP contribution < -0.4 is 5.73 Å². The summed E-state index contributed by atoms with van der Waals surface area (Å²) in [6.45, 7) is -0.216. The Kier molecular flexibility index (Phi) is 6.81. The number of carbonyl (C=O) groups excluding carboxylic acids is 3. The van der Waals surface area contributed by atoms with Gasteiger partial charge in [-0.1, -0.05) is 25.7 Å². The van der Waals surface area contributed by atoms with Crippen molar-refractivity contribution in [1.82, 2.24) is 0 Å². The topological polar surface area (TPSA) is 105 Å². The van der Waals surface area contributed by atoms with Gasteiger partial charge in [0.2, 0.25) is 0 Å². The lowest BCUT2D eigenvalue weighted by Crippen LogP contribution is -2.13. The first-order valence-electron chi connectivity index (χ1n) is 8.21. The second-order valence-corrected chi connectivity index (χ2v) is 7.03.